The van der Waals surface area contributed by atoms with Crippen LogP contribution in [0.25, 0.3) is 0 Å². The van der Waals surface area contributed by atoms with Crippen molar-refractivity contribution in [1.29, 1.82) is 0 Å². The zero-order valence-corrected chi connectivity index (χ0v) is 11.7. The smallest absolute Gasteiger partial charge is 0.239 e. The van der Waals surface area contributed by atoms with Gasteiger partial charge in [-0.3, -0.25) is 5.43 Å². The topological polar surface area (TPSA) is 75.9 Å². The molecule has 0 bridgehead atoms. The van der Waals surface area contributed by atoms with Gasteiger partial charge in [-0.05, 0) is 17.9 Å². The number of hydrogen-bond acceptors (Lipinski definition) is 5. The lowest BCUT2D eigenvalue weighted by Crippen LogP contribution is -2.23. The van der Waals surface area contributed by atoms with Crippen molar-refractivity contribution < 1.29 is 0 Å². The molecule has 1 aromatic rings. The molecule has 4 N–H and O–H groups in total. The zero-order valence-electron chi connectivity index (χ0n) is 11.7. The first-order valence-electron chi connectivity index (χ1n) is 6.61. The number of aromatic nitrogens is 2. The summed E-state index contributed by atoms with van der Waals surface area (Å²) in [5.74, 6) is 6.52. The second-order valence-corrected chi connectivity index (χ2v) is 5.38. The minimum atomic E-state index is 0.274. The van der Waals surface area contributed by atoms with Crippen LogP contribution in [0.15, 0.2) is 12.3 Å². The summed E-state index contributed by atoms with van der Waals surface area (Å²) in [6, 6.07) is 1.85. The average Bonchev–Trinajstić information content (AvgIpc) is 2.37. The fraction of sp³-hybridized carbons (Fsp3) is 0.692. The molecule has 0 saturated carbocycles. The van der Waals surface area contributed by atoms with Crippen LogP contribution in [0, 0.1) is 5.41 Å². The Balaban J connectivity index is 2.42. The first kappa shape index (κ1) is 14.7. The van der Waals surface area contributed by atoms with Crippen molar-refractivity contribution in [3.63, 3.8) is 0 Å². The summed E-state index contributed by atoms with van der Waals surface area (Å²) < 4.78 is 0. The molecule has 1 rings (SSSR count). The lowest BCUT2D eigenvalue weighted by atomic mass is 9.87. The molecule has 1 heterocycles. The Morgan fingerprint density at radius 1 is 1.33 bits per heavy atom. The van der Waals surface area contributed by atoms with Crippen LogP contribution in [0.2, 0.25) is 0 Å². The number of hydrogen-bond donors (Lipinski definition) is 3. The summed E-state index contributed by atoms with van der Waals surface area (Å²) in [7, 11) is 0. The fourth-order valence-corrected chi connectivity index (χ4v) is 1.80. The molecule has 0 aliphatic rings. The third-order valence-electron chi connectivity index (χ3n) is 2.99. The van der Waals surface area contributed by atoms with E-state index in [1.165, 1.54) is 25.7 Å². The number of nitrogen functional groups attached to an aromatic ring is 1. The van der Waals surface area contributed by atoms with Crippen LogP contribution >= 0.6 is 0 Å². The van der Waals surface area contributed by atoms with Gasteiger partial charge >= 0.3 is 0 Å². The molecule has 5 heteroatoms. The van der Waals surface area contributed by atoms with Crippen LogP contribution in [-0.2, 0) is 0 Å². The number of hydrazine groups is 1. The summed E-state index contributed by atoms with van der Waals surface area (Å²) in [4.78, 5) is 8.21. The van der Waals surface area contributed by atoms with Gasteiger partial charge in [0.05, 0.1) is 0 Å². The highest BCUT2D eigenvalue weighted by Crippen LogP contribution is 2.24. The van der Waals surface area contributed by atoms with Crippen LogP contribution < -0.4 is 16.6 Å². The van der Waals surface area contributed by atoms with Crippen LogP contribution in [0.3, 0.4) is 0 Å². The molecular formula is C13H25N5. The van der Waals surface area contributed by atoms with E-state index in [0.717, 1.165) is 12.4 Å². The van der Waals surface area contributed by atoms with Gasteiger partial charge in [0.25, 0.3) is 0 Å². The van der Waals surface area contributed by atoms with E-state index in [0.29, 0.717) is 5.95 Å². The molecular weight excluding hydrogens is 226 g/mol. The van der Waals surface area contributed by atoms with E-state index in [1.54, 1.807) is 6.20 Å². The predicted molar refractivity (Wildman–Crippen MR) is 76.3 cm³/mol. The van der Waals surface area contributed by atoms with Crippen molar-refractivity contribution in [3.05, 3.63) is 12.3 Å². The van der Waals surface area contributed by atoms with Gasteiger partial charge in [0.2, 0.25) is 5.95 Å². The number of nitrogens with zero attached hydrogens (tertiary/aromatic N) is 2. The SMILES string of the molecule is CCCCCC(C)(C)CNc1ccnc(NN)n1. The van der Waals surface area contributed by atoms with Crippen LogP contribution in [0.1, 0.15) is 46.5 Å². The Morgan fingerprint density at radius 2 is 2.11 bits per heavy atom. The van der Waals surface area contributed by atoms with Gasteiger partial charge in [-0.25, -0.2) is 10.8 Å². The molecule has 0 fully saturated rings. The number of anilines is 2. The van der Waals surface area contributed by atoms with Gasteiger partial charge in [0.1, 0.15) is 5.82 Å². The minimum Gasteiger partial charge on any atom is -0.369 e. The van der Waals surface area contributed by atoms with E-state index in [-0.39, 0.29) is 5.41 Å². The van der Waals surface area contributed by atoms with Crippen molar-refractivity contribution in [3.8, 4) is 0 Å². The molecule has 1 aromatic heterocycles. The largest absolute Gasteiger partial charge is 0.369 e. The highest BCUT2D eigenvalue weighted by molar-refractivity contribution is 5.38. The van der Waals surface area contributed by atoms with Crippen LogP contribution in [0.4, 0.5) is 11.8 Å². The number of nitrogens with one attached hydrogen (secondary N) is 2. The van der Waals surface area contributed by atoms with Crippen LogP contribution in [-0.4, -0.2) is 16.5 Å². The lowest BCUT2D eigenvalue weighted by molar-refractivity contribution is 0.342. The second-order valence-electron chi connectivity index (χ2n) is 5.38. The quantitative estimate of drug-likeness (QED) is 0.376. The monoisotopic (exact) mass is 251 g/mol. The van der Waals surface area contributed by atoms with Crippen molar-refractivity contribution in [2.75, 3.05) is 17.3 Å². The molecule has 0 saturated heterocycles. The second kappa shape index (κ2) is 7.16. The Kier molecular flexibility index (Phi) is 5.85. The Morgan fingerprint density at radius 3 is 2.78 bits per heavy atom. The van der Waals surface area contributed by atoms with Gasteiger partial charge in [0.15, 0.2) is 0 Å². The molecule has 5 nitrogen and oxygen atoms in total. The first-order chi connectivity index (χ1) is 8.57. The van der Waals surface area contributed by atoms with E-state index in [1.807, 2.05) is 6.07 Å². The normalized spacial score (nSPS) is 11.3. The first-order valence-corrected chi connectivity index (χ1v) is 6.61. The summed E-state index contributed by atoms with van der Waals surface area (Å²) in [6.07, 6.45) is 6.76. The van der Waals surface area contributed by atoms with E-state index < -0.39 is 0 Å². The summed E-state index contributed by atoms with van der Waals surface area (Å²) in [5.41, 5.74) is 2.72. The minimum absolute atomic E-state index is 0.274. The molecule has 0 spiro atoms. The van der Waals surface area contributed by atoms with Crippen molar-refractivity contribution in [1.82, 2.24) is 9.97 Å². The summed E-state index contributed by atoms with van der Waals surface area (Å²) in [5, 5.41) is 3.34. The van der Waals surface area contributed by atoms with Gasteiger partial charge in [-0.15, -0.1) is 0 Å². The van der Waals surface area contributed by atoms with Gasteiger partial charge in [0, 0.05) is 12.7 Å². The van der Waals surface area contributed by atoms with E-state index >= 15 is 0 Å². The Hall–Kier alpha value is -1.36. The van der Waals surface area contributed by atoms with Crippen molar-refractivity contribution in [2.45, 2.75) is 46.5 Å². The third-order valence-corrected chi connectivity index (χ3v) is 2.99. The zero-order chi connectivity index (χ0) is 13.4. The summed E-state index contributed by atoms with van der Waals surface area (Å²) >= 11 is 0. The van der Waals surface area contributed by atoms with Gasteiger partial charge < -0.3 is 5.32 Å². The van der Waals surface area contributed by atoms with Crippen LogP contribution in [0.5, 0.6) is 0 Å². The van der Waals surface area contributed by atoms with E-state index in [2.05, 4.69) is 41.5 Å². The van der Waals surface area contributed by atoms with Gasteiger partial charge in [-0.2, -0.15) is 4.98 Å². The molecule has 102 valence electrons. The lowest BCUT2D eigenvalue weighted by Gasteiger charge is -2.25. The molecule has 0 aromatic carbocycles. The highest BCUT2D eigenvalue weighted by atomic mass is 15.3. The molecule has 0 aliphatic carbocycles. The van der Waals surface area contributed by atoms with E-state index in [4.69, 9.17) is 5.84 Å². The molecule has 0 unspecified atom stereocenters. The average molecular weight is 251 g/mol. The molecule has 18 heavy (non-hydrogen) atoms. The maximum absolute atomic E-state index is 5.28. The number of rotatable bonds is 8. The highest BCUT2D eigenvalue weighted by Gasteiger charge is 2.17. The summed E-state index contributed by atoms with van der Waals surface area (Å²) in [6.45, 7) is 7.68. The number of nitrogens with two attached hydrogens (primary N) is 1. The molecule has 0 amide bonds. The van der Waals surface area contributed by atoms with Gasteiger partial charge in [-0.1, -0.05) is 40.0 Å². The van der Waals surface area contributed by atoms with E-state index in [9.17, 15) is 0 Å². The molecule has 0 aliphatic heterocycles. The standard InChI is InChI=1S/C13H25N5/c1-4-5-6-8-13(2,3)10-16-11-7-9-15-12(17-11)18-14/h7,9H,4-6,8,10,14H2,1-3H3,(H2,15,16,17,18). The number of unbranched alkanes of at least 4 members (excludes halogenated alkanes) is 2. The molecule has 0 radical (unpaired) electrons. The maximum atomic E-state index is 5.28. The van der Waals surface area contributed by atoms with Crippen molar-refractivity contribution in [2.24, 2.45) is 11.3 Å². The maximum Gasteiger partial charge on any atom is 0.239 e. The predicted octanol–water partition coefficient (Wildman–Crippen LogP) is 2.78. The van der Waals surface area contributed by atoms with Crippen molar-refractivity contribution >= 4 is 11.8 Å². The molecule has 0 atom stereocenters. The Bertz CT molecular complexity index is 351. The Labute approximate surface area is 110 Å². The third kappa shape index (κ3) is 5.31. The fourth-order valence-electron chi connectivity index (χ4n) is 1.80.